The fraction of sp³-hybridized carbons (Fsp3) is 0.263. The van der Waals surface area contributed by atoms with Crippen molar-refractivity contribution in [2.75, 3.05) is 18.4 Å². The molecule has 2 aromatic rings. The molecule has 2 rings (SSSR count). The molecule has 1 amide bonds. The minimum atomic E-state index is -3.88. The molecule has 0 atom stereocenters. The van der Waals surface area contributed by atoms with Gasteiger partial charge in [0.25, 0.3) is 15.9 Å². The number of carbonyl (C=O) groups is 2. The van der Waals surface area contributed by atoms with Crippen molar-refractivity contribution in [3.05, 3.63) is 60.2 Å². The number of sulfonamides is 1. The van der Waals surface area contributed by atoms with Gasteiger partial charge in [0.2, 0.25) is 0 Å². The highest BCUT2D eigenvalue weighted by Gasteiger charge is 2.36. The summed E-state index contributed by atoms with van der Waals surface area (Å²) >= 11 is 0. The lowest BCUT2D eigenvalue weighted by Crippen LogP contribution is -2.50. The number of carboxylic acids is 1. The highest BCUT2D eigenvalue weighted by atomic mass is 32.2. The molecular weight excluding hydrogens is 368 g/mol. The van der Waals surface area contributed by atoms with Crippen LogP contribution >= 0.6 is 0 Å². The maximum absolute atomic E-state index is 12.9. The number of anilines is 1. The number of para-hydroxylation sites is 1. The molecule has 0 aliphatic heterocycles. The fourth-order valence-electron chi connectivity index (χ4n) is 2.32. The van der Waals surface area contributed by atoms with E-state index in [4.69, 9.17) is 0 Å². The van der Waals surface area contributed by atoms with Gasteiger partial charge in [-0.1, -0.05) is 24.3 Å². The van der Waals surface area contributed by atoms with Crippen LogP contribution in [0.3, 0.4) is 0 Å². The van der Waals surface area contributed by atoms with Crippen molar-refractivity contribution in [2.24, 2.45) is 0 Å². The zero-order valence-electron chi connectivity index (χ0n) is 15.6. The normalized spacial score (nSPS) is 11.7. The summed E-state index contributed by atoms with van der Waals surface area (Å²) in [5.74, 6) is -1.74. The molecule has 0 fully saturated rings. The predicted octanol–water partition coefficient (Wildman–Crippen LogP) is 2.45. The summed E-state index contributed by atoms with van der Waals surface area (Å²) in [4.78, 5) is 25.1. The molecule has 0 aliphatic carbocycles. The van der Waals surface area contributed by atoms with Gasteiger partial charge in [-0.05, 0) is 44.2 Å². The predicted molar refractivity (Wildman–Crippen MR) is 102 cm³/mol. The molecule has 0 bridgehead atoms. The van der Waals surface area contributed by atoms with Gasteiger partial charge in [0.1, 0.15) is 5.54 Å². The molecule has 8 heteroatoms. The average molecular weight is 390 g/mol. The molecule has 0 heterocycles. The molecule has 2 aromatic carbocycles. The Labute approximate surface area is 158 Å². The number of hydrogen-bond donors (Lipinski definition) is 1. The first kappa shape index (κ1) is 20.4. The number of benzene rings is 2. The van der Waals surface area contributed by atoms with Gasteiger partial charge >= 0.3 is 5.97 Å². The van der Waals surface area contributed by atoms with Crippen LogP contribution in [0.25, 0.3) is 0 Å². The van der Waals surface area contributed by atoms with Crippen LogP contribution in [0.1, 0.15) is 24.2 Å². The molecule has 144 valence electrons. The van der Waals surface area contributed by atoms with Crippen LogP contribution in [-0.2, 0) is 14.8 Å². The van der Waals surface area contributed by atoms with Gasteiger partial charge in [0.05, 0.1) is 10.6 Å². The van der Waals surface area contributed by atoms with Crippen LogP contribution in [0.2, 0.25) is 0 Å². The second-order valence-electron chi connectivity index (χ2n) is 6.56. The molecule has 0 aliphatic rings. The molecule has 0 saturated carbocycles. The van der Waals surface area contributed by atoms with Crippen molar-refractivity contribution in [1.29, 1.82) is 0 Å². The van der Waals surface area contributed by atoms with Crippen molar-refractivity contribution in [2.45, 2.75) is 24.3 Å². The number of carbonyl (C=O) groups excluding carboxylic acids is 1. The molecular formula is C19H22N2O5S. The number of nitrogens with zero attached hydrogens (tertiary/aromatic N) is 2. The first-order chi connectivity index (χ1) is 12.5. The Morgan fingerprint density at radius 1 is 0.963 bits per heavy atom. The van der Waals surface area contributed by atoms with E-state index in [0.717, 1.165) is 9.21 Å². The van der Waals surface area contributed by atoms with Crippen LogP contribution in [0.5, 0.6) is 0 Å². The van der Waals surface area contributed by atoms with E-state index in [1.807, 2.05) is 0 Å². The second-order valence-corrected chi connectivity index (χ2v) is 8.53. The standard InChI is InChI=1S/C19H22N2O5S/c1-19(2,18(23)24)20(3)17(22)14-9-8-12-16(13-14)27(25,26)21(4)15-10-6-5-7-11-15/h5-13H,1-4H3,(H,23,24). The van der Waals surface area contributed by atoms with Gasteiger partial charge in [-0.15, -0.1) is 0 Å². The highest BCUT2D eigenvalue weighted by Crippen LogP contribution is 2.23. The summed E-state index contributed by atoms with van der Waals surface area (Å²) in [5, 5.41) is 9.29. The zero-order chi connectivity index (χ0) is 20.4. The Morgan fingerprint density at radius 2 is 1.56 bits per heavy atom. The molecule has 0 aromatic heterocycles. The summed E-state index contributed by atoms with van der Waals surface area (Å²) in [6.45, 7) is 2.80. The molecule has 0 spiro atoms. The molecule has 1 N–H and O–H groups in total. The van der Waals surface area contributed by atoms with E-state index in [1.165, 1.54) is 52.2 Å². The SMILES string of the molecule is CN(C(=O)c1cccc(S(=O)(=O)N(C)c2ccccc2)c1)C(C)(C)C(=O)O. The molecule has 0 radical (unpaired) electrons. The monoisotopic (exact) mass is 390 g/mol. The highest BCUT2D eigenvalue weighted by molar-refractivity contribution is 7.92. The number of likely N-dealkylation sites (N-methyl/N-ethyl adjacent to an activating group) is 1. The third-order valence-electron chi connectivity index (χ3n) is 4.53. The number of rotatable bonds is 6. The van der Waals surface area contributed by atoms with Gasteiger partial charge in [0, 0.05) is 19.7 Å². The van der Waals surface area contributed by atoms with Crippen molar-refractivity contribution >= 4 is 27.6 Å². The molecule has 27 heavy (non-hydrogen) atoms. The van der Waals surface area contributed by atoms with Crippen molar-refractivity contribution in [3.8, 4) is 0 Å². The Kier molecular flexibility index (Phi) is 5.60. The number of hydrogen-bond acceptors (Lipinski definition) is 4. The van der Waals surface area contributed by atoms with Crippen LogP contribution in [0, 0.1) is 0 Å². The third-order valence-corrected chi connectivity index (χ3v) is 6.31. The van der Waals surface area contributed by atoms with E-state index < -0.39 is 27.4 Å². The van der Waals surface area contributed by atoms with E-state index >= 15 is 0 Å². The minimum absolute atomic E-state index is 0.0544. The van der Waals surface area contributed by atoms with E-state index in [0.29, 0.717) is 5.69 Å². The van der Waals surface area contributed by atoms with E-state index in [1.54, 1.807) is 30.3 Å². The van der Waals surface area contributed by atoms with Crippen LogP contribution in [-0.4, -0.2) is 49.9 Å². The maximum Gasteiger partial charge on any atom is 0.329 e. The largest absolute Gasteiger partial charge is 0.480 e. The van der Waals surface area contributed by atoms with Crippen molar-refractivity contribution < 1.29 is 23.1 Å². The second kappa shape index (κ2) is 7.40. The summed E-state index contributed by atoms with van der Waals surface area (Å²) in [6.07, 6.45) is 0. The van der Waals surface area contributed by atoms with Crippen molar-refractivity contribution in [3.63, 3.8) is 0 Å². The lowest BCUT2D eigenvalue weighted by molar-refractivity contribution is -0.147. The Morgan fingerprint density at radius 3 is 2.11 bits per heavy atom. The van der Waals surface area contributed by atoms with E-state index in [9.17, 15) is 23.1 Å². The smallest absolute Gasteiger partial charge is 0.329 e. The van der Waals surface area contributed by atoms with E-state index in [2.05, 4.69) is 0 Å². The lowest BCUT2D eigenvalue weighted by Gasteiger charge is -2.31. The number of aliphatic carboxylic acids is 1. The van der Waals surface area contributed by atoms with Crippen LogP contribution in [0.4, 0.5) is 5.69 Å². The Hall–Kier alpha value is -2.87. The van der Waals surface area contributed by atoms with Crippen LogP contribution < -0.4 is 4.31 Å². The van der Waals surface area contributed by atoms with Crippen LogP contribution in [0.15, 0.2) is 59.5 Å². The van der Waals surface area contributed by atoms with Gasteiger partial charge in [-0.3, -0.25) is 9.10 Å². The maximum atomic E-state index is 12.9. The van der Waals surface area contributed by atoms with Crippen molar-refractivity contribution in [1.82, 2.24) is 4.90 Å². The number of carboxylic acid groups (broad SMARTS) is 1. The lowest BCUT2D eigenvalue weighted by atomic mass is 10.0. The summed E-state index contributed by atoms with van der Waals surface area (Å²) in [7, 11) is -1.08. The Balaban J connectivity index is 2.40. The summed E-state index contributed by atoms with van der Waals surface area (Å²) < 4.78 is 26.9. The van der Waals surface area contributed by atoms with E-state index in [-0.39, 0.29) is 10.5 Å². The number of amides is 1. The summed E-state index contributed by atoms with van der Waals surface area (Å²) in [5.41, 5.74) is -0.861. The Bertz CT molecular complexity index is 955. The van der Waals surface area contributed by atoms with Gasteiger partial charge in [-0.25, -0.2) is 13.2 Å². The third kappa shape index (κ3) is 3.95. The quantitative estimate of drug-likeness (QED) is 0.817. The average Bonchev–Trinajstić information content (AvgIpc) is 2.66. The molecule has 7 nitrogen and oxygen atoms in total. The molecule has 0 saturated heterocycles. The summed E-state index contributed by atoms with van der Waals surface area (Å²) in [6, 6.07) is 14.1. The van der Waals surface area contributed by atoms with Gasteiger partial charge in [-0.2, -0.15) is 0 Å². The molecule has 0 unspecified atom stereocenters. The topological polar surface area (TPSA) is 95.0 Å². The first-order valence-electron chi connectivity index (χ1n) is 8.15. The zero-order valence-corrected chi connectivity index (χ0v) is 16.4. The van der Waals surface area contributed by atoms with Gasteiger partial charge < -0.3 is 10.0 Å². The minimum Gasteiger partial charge on any atom is -0.480 e. The van der Waals surface area contributed by atoms with Gasteiger partial charge in [0.15, 0.2) is 0 Å². The first-order valence-corrected chi connectivity index (χ1v) is 9.59. The fourth-order valence-corrected chi connectivity index (χ4v) is 3.56.